The van der Waals surface area contributed by atoms with Crippen LogP contribution in [-0.4, -0.2) is 31.7 Å². The number of carbonyl (C=O) groups is 1. The first kappa shape index (κ1) is 20.4. The second-order valence-corrected chi connectivity index (χ2v) is 6.64. The summed E-state index contributed by atoms with van der Waals surface area (Å²) in [6.45, 7) is 0.454. The molecule has 152 valence electrons. The van der Waals surface area contributed by atoms with Crippen LogP contribution in [0.3, 0.4) is 0 Å². The fourth-order valence-electron chi connectivity index (χ4n) is 3.10. The molecule has 0 aliphatic heterocycles. The molecule has 7 heteroatoms. The Hall–Kier alpha value is -3.35. The lowest BCUT2D eigenvalue weighted by Crippen LogP contribution is -2.26. The average molecular weight is 398 g/mol. The summed E-state index contributed by atoms with van der Waals surface area (Å²) in [5, 5.41) is 3.62. The van der Waals surface area contributed by atoms with Crippen molar-refractivity contribution in [2.45, 2.75) is 19.3 Å². The van der Waals surface area contributed by atoms with Gasteiger partial charge in [0.1, 0.15) is 5.82 Å². The minimum absolute atomic E-state index is 0.140. The Morgan fingerprint density at radius 1 is 1.03 bits per heavy atom. The van der Waals surface area contributed by atoms with Crippen molar-refractivity contribution in [2.75, 3.05) is 20.8 Å². The summed E-state index contributed by atoms with van der Waals surface area (Å²) in [5.74, 6) is 0.675. The van der Waals surface area contributed by atoms with Crippen LogP contribution in [0.1, 0.15) is 17.5 Å². The normalized spacial score (nSPS) is 10.7. The molecular formula is C22H23FN2O4. The maximum Gasteiger partial charge on any atom is 0.251 e. The quantitative estimate of drug-likeness (QED) is 0.611. The van der Waals surface area contributed by atoms with Gasteiger partial charge in [-0.05, 0) is 42.7 Å². The van der Waals surface area contributed by atoms with Crippen LogP contribution in [0.4, 0.5) is 4.39 Å². The van der Waals surface area contributed by atoms with E-state index < -0.39 is 0 Å². The van der Waals surface area contributed by atoms with Gasteiger partial charge in [-0.25, -0.2) is 4.39 Å². The number of rotatable bonds is 8. The summed E-state index contributed by atoms with van der Waals surface area (Å²) in [4.78, 5) is 27.3. The first-order chi connectivity index (χ1) is 14.0. The first-order valence-corrected chi connectivity index (χ1v) is 9.29. The van der Waals surface area contributed by atoms with E-state index in [9.17, 15) is 14.0 Å². The molecule has 29 heavy (non-hydrogen) atoms. The van der Waals surface area contributed by atoms with Crippen LogP contribution in [-0.2, 0) is 17.6 Å². The van der Waals surface area contributed by atoms with Crippen LogP contribution in [0, 0.1) is 5.82 Å². The third-order valence-electron chi connectivity index (χ3n) is 4.70. The molecule has 0 radical (unpaired) electrons. The zero-order chi connectivity index (χ0) is 20.8. The van der Waals surface area contributed by atoms with Gasteiger partial charge in [0.15, 0.2) is 11.5 Å². The van der Waals surface area contributed by atoms with E-state index >= 15 is 0 Å². The monoisotopic (exact) mass is 398 g/mol. The number of methoxy groups -OCH3 is 2. The van der Waals surface area contributed by atoms with Gasteiger partial charge in [-0.15, -0.1) is 0 Å². The first-order valence-electron chi connectivity index (χ1n) is 9.29. The van der Waals surface area contributed by atoms with E-state index in [1.807, 2.05) is 0 Å². The van der Waals surface area contributed by atoms with Crippen molar-refractivity contribution in [3.8, 4) is 11.5 Å². The number of fused-ring (bicyclic) bond motifs is 1. The van der Waals surface area contributed by atoms with Crippen molar-refractivity contribution in [1.29, 1.82) is 0 Å². The Kier molecular flexibility index (Phi) is 6.49. The molecule has 0 spiro atoms. The lowest BCUT2D eigenvalue weighted by atomic mass is 10.1. The Balaban J connectivity index is 1.60. The Morgan fingerprint density at radius 3 is 2.41 bits per heavy atom. The number of aryl methyl sites for hydroxylation is 1. The number of H-pyrrole nitrogens is 1. The number of aromatic nitrogens is 1. The zero-order valence-corrected chi connectivity index (χ0v) is 16.4. The SMILES string of the molecule is COc1cc2cc(CCC(=O)NCCc3ccc(F)cc3)c(=O)[nH]c2cc1OC. The lowest BCUT2D eigenvalue weighted by molar-refractivity contribution is -0.121. The topological polar surface area (TPSA) is 80.4 Å². The largest absolute Gasteiger partial charge is 0.493 e. The number of hydrogen-bond donors (Lipinski definition) is 2. The van der Waals surface area contributed by atoms with Crippen molar-refractivity contribution in [1.82, 2.24) is 10.3 Å². The second-order valence-electron chi connectivity index (χ2n) is 6.64. The van der Waals surface area contributed by atoms with E-state index in [2.05, 4.69) is 10.3 Å². The number of amides is 1. The predicted octanol–water partition coefficient (Wildman–Crippen LogP) is 2.98. The molecule has 0 atom stereocenters. The van der Waals surface area contributed by atoms with Gasteiger partial charge in [0.2, 0.25) is 5.91 Å². The number of aromatic amines is 1. The number of ether oxygens (including phenoxy) is 2. The molecule has 0 saturated carbocycles. The molecule has 1 heterocycles. The van der Waals surface area contributed by atoms with Crippen molar-refractivity contribution in [3.05, 3.63) is 69.8 Å². The van der Waals surface area contributed by atoms with E-state index in [0.717, 1.165) is 10.9 Å². The summed E-state index contributed by atoms with van der Waals surface area (Å²) >= 11 is 0. The number of benzene rings is 2. The molecule has 0 aliphatic rings. The molecule has 1 amide bonds. The van der Waals surface area contributed by atoms with E-state index in [1.54, 1.807) is 37.4 Å². The van der Waals surface area contributed by atoms with E-state index in [0.29, 0.717) is 42.0 Å². The fraction of sp³-hybridized carbons (Fsp3) is 0.273. The van der Waals surface area contributed by atoms with Crippen LogP contribution < -0.4 is 20.3 Å². The Morgan fingerprint density at radius 2 is 1.72 bits per heavy atom. The highest BCUT2D eigenvalue weighted by atomic mass is 19.1. The fourth-order valence-corrected chi connectivity index (χ4v) is 3.10. The van der Waals surface area contributed by atoms with E-state index in [4.69, 9.17) is 9.47 Å². The summed E-state index contributed by atoms with van der Waals surface area (Å²) < 4.78 is 23.4. The summed E-state index contributed by atoms with van der Waals surface area (Å²) in [6, 6.07) is 11.4. The number of pyridine rings is 1. The van der Waals surface area contributed by atoms with Crippen LogP contribution in [0.15, 0.2) is 47.3 Å². The van der Waals surface area contributed by atoms with Crippen molar-refractivity contribution in [3.63, 3.8) is 0 Å². The Bertz CT molecular complexity index is 1060. The minimum atomic E-state index is -0.283. The number of halogens is 1. The van der Waals surface area contributed by atoms with Crippen molar-refractivity contribution in [2.24, 2.45) is 0 Å². The highest BCUT2D eigenvalue weighted by Gasteiger charge is 2.10. The van der Waals surface area contributed by atoms with Crippen LogP contribution in [0.25, 0.3) is 10.9 Å². The molecule has 2 aromatic carbocycles. The molecular weight excluding hydrogens is 375 g/mol. The minimum Gasteiger partial charge on any atom is -0.493 e. The highest BCUT2D eigenvalue weighted by molar-refractivity contribution is 5.83. The van der Waals surface area contributed by atoms with Gasteiger partial charge in [0, 0.05) is 30.0 Å². The number of hydrogen-bond acceptors (Lipinski definition) is 4. The van der Waals surface area contributed by atoms with Gasteiger partial charge in [-0.2, -0.15) is 0 Å². The molecule has 0 aliphatic carbocycles. The molecule has 0 fully saturated rings. The molecule has 2 N–H and O–H groups in total. The lowest BCUT2D eigenvalue weighted by Gasteiger charge is -2.10. The molecule has 6 nitrogen and oxygen atoms in total. The molecule has 0 saturated heterocycles. The van der Waals surface area contributed by atoms with Crippen molar-refractivity contribution < 1.29 is 18.7 Å². The molecule has 3 rings (SSSR count). The van der Waals surface area contributed by atoms with Gasteiger partial charge in [-0.3, -0.25) is 9.59 Å². The summed E-state index contributed by atoms with van der Waals surface area (Å²) in [5.41, 5.74) is 1.88. The predicted molar refractivity (Wildman–Crippen MR) is 109 cm³/mol. The molecule has 0 bridgehead atoms. The van der Waals surface area contributed by atoms with Crippen LogP contribution in [0.5, 0.6) is 11.5 Å². The van der Waals surface area contributed by atoms with Gasteiger partial charge >= 0.3 is 0 Å². The third kappa shape index (κ3) is 5.13. The third-order valence-corrected chi connectivity index (χ3v) is 4.70. The van der Waals surface area contributed by atoms with Crippen LogP contribution in [0.2, 0.25) is 0 Å². The van der Waals surface area contributed by atoms with Crippen molar-refractivity contribution >= 4 is 16.8 Å². The average Bonchev–Trinajstić information content (AvgIpc) is 2.72. The zero-order valence-electron chi connectivity index (χ0n) is 16.4. The van der Waals surface area contributed by atoms with Gasteiger partial charge in [-0.1, -0.05) is 12.1 Å². The molecule has 1 aromatic heterocycles. The Labute approximate surface area is 167 Å². The maximum absolute atomic E-state index is 12.9. The van der Waals surface area contributed by atoms with Crippen LogP contribution >= 0.6 is 0 Å². The highest BCUT2D eigenvalue weighted by Crippen LogP contribution is 2.31. The number of nitrogens with one attached hydrogen (secondary N) is 2. The second kappa shape index (κ2) is 9.23. The smallest absolute Gasteiger partial charge is 0.251 e. The summed E-state index contributed by atoms with van der Waals surface area (Å²) in [7, 11) is 3.08. The molecule has 0 unspecified atom stereocenters. The van der Waals surface area contributed by atoms with E-state index in [-0.39, 0.29) is 23.7 Å². The van der Waals surface area contributed by atoms with Gasteiger partial charge < -0.3 is 19.8 Å². The standard InChI is InChI=1S/C22H23FN2O4/c1-28-19-12-16-11-15(22(27)25-18(16)13-20(19)29-2)5-8-21(26)24-10-9-14-3-6-17(23)7-4-14/h3-4,6-7,11-13H,5,8-10H2,1-2H3,(H,24,26)(H,25,27). The number of carbonyl (C=O) groups excluding carboxylic acids is 1. The van der Waals surface area contributed by atoms with E-state index in [1.165, 1.54) is 19.2 Å². The molecule has 3 aromatic rings. The van der Waals surface area contributed by atoms with Gasteiger partial charge in [0.25, 0.3) is 5.56 Å². The summed E-state index contributed by atoms with van der Waals surface area (Å²) in [6.07, 6.45) is 1.14. The van der Waals surface area contributed by atoms with Gasteiger partial charge in [0.05, 0.1) is 19.7 Å². The maximum atomic E-state index is 12.9.